The van der Waals surface area contributed by atoms with Gasteiger partial charge in [-0.1, -0.05) is 44.2 Å². The van der Waals surface area contributed by atoms with E-state index in [1.54, 1.807) is 0 Å². The molecule has 0 saturated heterocycles. The highest BCUT2D eigenvalue weighted by Crippen LogP contribution is 2.34. The lowest BCUT2D eigenvalue weighted by molar-refractivity contribution is 0.648. The zero-order valence-corrected chi connectivity index (χ0v) is 11.1. The topological polar surface area (TPSA) is 0 Å². The number of thiophene rings is 1. The molecule has 1 heteroatoms. The predicted molar refractivity (Wildman–Crippen MR) is 77.9 cm³/mol. The molecular weight excluding hydrogens is 224 g/mol. The zero-order chi connectivity index (χ0) is 11.8. The summed E-state index contributed by atoms with van der Waals surface area (Å²) in [6.45, 7) is 4.55. The van der Waals surface area contributed by atoms with Crippen molar-refractivity contribution < 1.29 is 0 Å². The summed E-state index contributed by atoms with van der Waals surface area (Å²) in [5.41, 5.74) is 1.46. The van der Waals surface area contributed by atoms with E-state index in [0.717, 1.165) is 5.92 Å². The minimum absolute atomic E-state index is 0.724. The van der Waals surface area contributed by atoms with Crippen LogP contribution >= 0.6 is 11.3 Å². The molecular formula is C16H16S. The number of hydrogen-bond donors (Lipinski definition) is 0. The van der Waals surface area contributed by atoms with Crippen LogP contribution in [0, 0.1) is 5.92 Å². The average molecular weight is 240 g/mol. The first-order chi connectivity index (χ1) is 8.24. The van der Waals surface area contributed by atoms with Gasteiger partial charge in [0.25, 0.3) is 0 Å². The molecule has 0 fully saturated rings. The number of hydrogen-bond acceptors (Lipinski definition) is 1. The molecule has 0 aliphatic heterocycles. The molecule has 0 bridgehead atoms. The summed E-state index contributed by atoms with van der Waals surface area (Å²) in [6.07, 6.45) is 1.17. The zero-order valence-electron chi connectivity index (χ0n) is 10.2. The third-order valence-corrected chi connectivity index (χ3v) is 4.22. The third-order valence-electron chi connectivity index (χ3n) is 3.09. The van der Waals surface area contributed by atoms with Gasteiger partial charge in [-0.15, -0.1) is 11.3 Å². The third kappa shape index (κ3) is 1.96. The van der Waals surface area contributed by atoms with Gasteiger partial charge in [-0.25, -0.2) is 0 Å². The Kier molecular flexibility index (Phi) is 2.64. The highest BCUT2D eigenvalue weighted by Gasteiger charge is 2.05. The molecule has 0 aliphatic carbocycles. The second-order valence-corrected chi connectivity index (χ2v) is 6.11. The quantitative estimate of drug-likeness (QED) is 0.573. The number of fused-ring (bicyclic) bond motifs is 3. The minimum Gasteiger partial charge on any atom is -0.135 e. The second-order valence-electron chi connectivity index (χ2n) is 5.03. The summed E-state index contributed by atoms with van der Waals surface area (Å²) in [5.74, 6) is 0.724. The van der Waals surface area contributed by atoms with Crippen molar-refractivity contribution in [3.8, 4) is 0 Å². The first-order valence-corrected chi connectivity index (χ1v) is 6.96. The van der Waals surface area contributed by atoms with Crippen LogP contribution in [0.1, 0.15) is 19.4 Å². The standard InChI is InChI=1S/C16H16S/c1-11(2)9-12-7-8-14-13-5-3-4-6-15(13)17-16(14)10-12/h3-8,10-11H,9H2,1-2H3. The van der Waals surface area contributed by atoms with Gasteiger partial charge in [0.15, 0.2) is 0 Å². The summed E-state index contributed by atoms with van der Waals surface area (Å²) < 4.78 is 2.81. The van der Waals surface area contributed by atoms with Crippen LogP contribution in [0.4, 0.5) is 0 Å². The molecule has 3 aromatic rings. The molecule has 1 heterocycles. The van der Waals surface area contributed by atoms with Crippen molar-refractivity contribution in [3.05, 3.63) is 48.0 Å². The molecule has 86 valence electrons. The van der Waals surface area contributed by atoms with Crippen molar-refractivity contribution in [2.24, 2.45) is 5.92 Å². The highest BCUT2D eigenvalue weighted by molar-refractivity contribution is 7.25. The molecule has 0 N–H and O–H groups in total. The Hall–Kier alpha value is -1.34. The Labute approximate surface area is 106 Å². The van der Waals surface area contributed by atoms with E-state index in [1.807, 2.05) is 11.3 Å². The van der Waals surface area contributed by atoms with Crippen LogP contribution in [0.3, 0.4) is 0 Å². The Balaban J connectivity index is 2.20. The van der Waals surface area contributed by atoms with Crippen molar-refractivity contribution in [3.63, 3.8) is 0 Å². The fourth-order valence-corrected chi connectivity index (χ4v) is 3.54. The molecule has 2 aromatic carbocycles. The second kappa shape index (κ2) is 4.15. The van der Waals surface area contributed by atoms with Crippen LogP contribution in [-0.2, 0) is 6.42 Å². The van der Waals surface area contributed by atoms with Crippen molar-refractivity contribution >= 4 is 31.5 Å². The summed E-state index contributed by atoms with van der Waals surface area (Å²) in [5, 5.41) is 2.79. The minimum atomic E-state index is 0.724. The van der Waals surface area contributed by atoms with Crippen LogP contribution in [0.25, 0.3) is 20.2 Å². The van der Waals surface area contributed by atoms with Crippen molar-refractivity contribution in [1.82, 2.24) is 0 Å². The Morgan fingerprint density at radius 3 is 2.53 bits per heavy atom. The SMILES string of the molecule is CC(C)Cc1ccc2c(c1)sc1ccccc12. The fourth-order valence-electron chi connectivity index (χ4n) is 2.37. The van der Waals surface area contributed by atoms with Gasteiger partial charge in [0.05, 0.1) is 0 Å². The van der Waals surface area contributed by atoms with Crippen LogP contribution in [0.15, 0.2) is 42.5 Å². The lowest BCUT2D eigenvalue weighted by Crippen LogP contribution is -1.92. The van der Waals surface area contributed by atoms with Crippen molar-refractivity contribution in [2.75, 3.05) is 0 Å². The van der Waals surface area contributed by atoms with Gasteiger partial charge in [0.2, 0.25) is 0 Å². The van der Waals surface area contributed by atoms with Gasteiger partial charge in [-0.05, 0) is 30.0 Å². The molecule has 3 rings (SSSR count). The van der Waals surface area contributed by atoms with E-state index in [1.165, 1.54) is 32.2 Å². The van der Waals surface area contributed by atoms with E-state index >= 15 is 0 Å². The van der Waals surface area contributed by atoms with E-state index in [-0.39, 0.29) is 0 Å². The van der Waals surface area contributed by atoms with Gasteiger partial charge in [0.1, 0.15) is 0 Å². The summed E-state index contributed by atoms with van der Waals surface area (Å²) in [7, 11) is 0. The van der Waals surface area contributed by atoms with Crippen molar-refractivity contribution in [1.29, 1.82) is 0 Å². The molecule has 0 amide bonds. The van der Waals surface area contributed by atoms with E-state index in [2.05, 4.69) is 56.3 Å². The van der Waals surface area contributed by atoms with Crippen LogP contribution in [0.2, 0.25) is 0 Å². The molecule has 17 heavy (non-hydrogen) atoms. The van der Waals surface area contributed by atoms with E-state index in [0.29, 0.717) is 0 Å². The highest BCUT2D eigenvalue weighted by atomic mass is 32.1. The lowest BCUT2D eigenvalue weighted by atomic mass is 10.0. The summed E-state index contributed by atoms with van der Waals surface area (Å²) in [6, 6.07) is 15.6. The lowest BCUT2D eigenvalue weighted by Gasteiger charge is -2.04. The fraction of sp³-hybridized carbons (Fsp3) is 0.250. The maximum absolute atomic E-state index is 2.36. The molecule has 0 spiro atoms. The predicted octanol–water partition coefficient (Wildman–Crippen LogP) is 5.25. The Morgan fingerprint density at radius 1 is 0.941 bits per heavy atom. The van der Waals surface area contributed by atoms with Gasteiger partial charge in [-0.2, -0.15) is 0 Å². The average Bonchev–Trinajstić information content (AvgIpc) is 2.65. The van der Waals surface area contributed by atoms with Crippen LogP contribution < -0.4 is 0 Å². The first-order valence-electron chi connectivity index (χ1n) is 6.14. The normalized spacial score (nSPS) is 11.7. The molecule has 0 saturated carbocycles. The molecule has 1 aromatic heterocycles. The molecule has 0 radical (unpaired) electrons. The maximum Gasteiger partial charge on any atom is 0.0358 e. The molecule has 0 unspecified atom stereocenters. The summed E-state index contributed by atoms with van der Waals surface area (Å²) in [4.78, 5) is 0. The van der Waals surface area contributed by atoms with Gasteiger partial charge >= 0.3 is 0 Å². The van der Waals surface area contributed by atoms with E-state index in [4.69, 9.17) is 0 Å². The largest absolute Gasteiger partial charge is 0.135 e. The molecule has 0 nitrogen and oxygen atoms in total. The number of rotatable bonds is 2. The van der Waals surface area contributed by atoms with Crippen molar-refractivity contribution in [2.45, 2.75) is 20.3 Å². The Bertz CT molecular complexity index is 661. The van der Waals surface area contributed by atoms with E-state index < -0.39 is 0 Å². The number of benzene rings is 2. The van der Waals surface area contributed by atoms with Crippen LogP contribution in [0.5, 0.6) is 0 Å². The van der Waals surface area contributed by atoms with Gasteiger partial charge in [0, 0.05) is 20.2 Å². The first kappa shape index (κ1) is 10.8. The monoisotopic (exact) mass is 240 g/mol. The smallest absolute Gasteiger partial charge is 0.0358 e. The summed E-state index contributed by atoms with van der Waals surface area (Å²) >= 11 is 1.90. The Morgan fingerprint density at radius 2 is 1.71 bits per heavy atom. The van der Waals surface area contributed by atoms with E-state index in [9.17, 15) is 0 Å². The maximum atomic E-state index is 2.36. The van der Waals surface area contributed by atoms with Gasteiger partial charge in [-0.3, -0.25) is 0 Å². The molecule has 0 aliphatic rings. The molecule has 0 atom stereocenters. The van der Waals surface area contributed by atoms with Gasteiger partial charge < -0.3 is 0 Å². The van der Waals surface area contributed by atoms with Crippen LogP contribution in [-0.4, -0.2) is 0 Å².